The SMILES string of the molecule is COCCn1c(N)c(-c2ccccc2F)c2ccc(NC(=O)C3CC3)cc2c1=O. The summed E-state index contributed by atoms with van der Waals surface area (Å²) in [4.78, 5) is 25.2. The lowest BCUT2D eigenvalue weighted by atomic mass is 9.98. The average Bonchev–Trinajstić information content (AvgIpc) is 3.55. The second-order valence-electron chi connectivity index (χ2n) is 7.21. The predicted octanol–water partition coefficient (Wildman–Crippen LogP) is 3.38. The van der Waals surface area contributed by atoms with Crippen LogP contribution in [0, 0.1) is 11.7 Å². The van der Waals surface area contributed by atoms with Crippen molar-refractivity contribution >= 4 is 28.2 Å². The summed E-state index contributed by atoms with van der Waals surface area (Å²) in [5, 5.41) is 3.75. The Morgan fingerprint density at radius 3 is 2.69 bits per heavy atom. The largest absolute Gasteiger partial charge is 0.384 e. The Morgan fingerprint density at radius 1 is 1.24 bits per heavy atom. The highest BCUT2D eigenvalue weighted by atomic mass is 19.1. The number of nitrogens with two attached hydrogens (primary N) is 1. The zero-order valence-corrected chi connectivity index (χ0v) is 16.1. The Kier molecular flexibility index (Phi) is 5.07. The quantitative estimate of drug-likeness (QED) is 0.670. The van der Waals surface area contributed by atoms with Crippen LogP contribution in [0.2, 0.25) is 0 Å². The van der Waals surface area contributed by atoms with Gasteiger partial charge >= 0.3 is 0 Å². The van der Waals surface area contributed by atoms with E-state index in [-0.39, 0.29) is 36.4 Å². The number of methoxy groups -OCH3 is 1. The number of rotatable bonds is 6. The molecular weight excluding hydrogens is 373 g/mol. The lowest BCUT2D eigenvalue weighted by molar-refractivity contribution is -0.117. The minimum atomic E-state index is -0.427. The molecule has 1 aliphatic carbocycles. The number of anilines is 2. The number of nitrogen functional groups attached to an aromatic ring is 1. The van der Waals surface area contributed by atoms with Gasteiger partial charge in [0.2, 0.25) is 5.91 Å². The van der Waals surface area contributed by atoms with Crippen molar-refractivity contribution in [2.24, 2.45) is 5.92 Å². The smallest absolute Gasteiger partial charge is 0.260 e. The number of ether oxygens (including phenoxy) is 1. The highest BCUT2D eigenvalue weighted by Gasteiger charge is 2.29. The summed E-state index contributed by atoms with van der Waals surface area (Å²) >= 11 is 0. The second kappa shape index (κ2) is 7.67. The third-order valence-electron chi connectivity index (χ3n) is 5.19. The molecule has 0 atom stereocenters. The van der Waals surface area contributed by atoms with Crippen molar-refractivity contribution in [2.75, 3.05) is 24.8 Å². The number of nitrogens with zero attached hydrogens (tertiary/aromatic N) is 1. The first-order chi connectivity index (χ1) is 14.0. The number of halogens is 1. The summed E-state index contributed by atoms with van der Waals surface area (Å²) in [7, 11) is 1.53. The van der Waals surface area contributed by atoms with Crippen molar-refractivity contribution in [3.63, 3.8) is 0 Å². The molecule has 1 aliphatic rings. The monoisotopic (exact) mass is 395 g/mol. The van der Waals surface area contributed by atoms with Crippen molar-refractivity contribution in [3.05, 3.63) is 58.6 Å². The molecule has 0 aliphatic heterocycles. The molecule has 7 heteroatoms. The highest BCUT2D eigenvalue weighted by Crippen LogP contribution is 2.35. The van der Waals surface area contributed by atoms with Crippen LogP contribution >= 0.6 is 0 Å². The van der Waals surface area contributed by atoms with Crippen LogP contribution in [0.5, 0.6) is 0 Å². The first kappa shape index (κ1) is 19.1. The van der Waals surface area contributed by atoms with Crippen molar-refractivity contribution in [3.8, 4) is 11.1 Å². The van der Waals surface area contributed by atoms with E-state index in [1.807, 2.05) is 0 Å². The fourth-order valence-corrected chi connectivity index (χ4v) is 3.49. The molecule has 0 saturated heterocycles. The summed E-state index contributed by atoms with van der Waals surface area (Å²) in [5.74, 6) is -0.249. The van der Waals surface area contributed by atoms with E-state index in [2.05, 4.69) is 5.32 Å². The molecule has 3 aromatic rings. The number of amides is 1. The van der Waals surface area contributed by atoms with Crippen LogP contribution in [-0.2, 0) is 16.1 Å². The van der Waals surface area contributed by atoms with Gasteiger partial charge in [-0.1, -0.05) is 24.3 Å². The van der Waals surface area contributed by atoms with E-state index in [4.69, 9.17) is 10.5 Å². The van der Waals surface area contributed by atoms with Crippen LogP contribution in [-0.4, -0.2) is 24.2 Å². The zero-order valence-electron chi connectivity index (χ0n) is 16.1. The van der Waals surface area contributed by atoms with Crippen LogP contribution in [0.15, 0.2) is 47.3 Å². The van der Waals surface area contributed by atoms with E-state index in [0.29, 0.717) is 27.6 Å². The van der Waals surface area contributed by atoms with E-state index < -0.39 is 5.82 Å². The topological polar surface area (TPSA) is 86.3 Å². The van der Waals surface area contributed by atoms with Crippen LogP contribution in [0.25, 0.3) is 21.9 Å². The molecule has 2 aromatic carbocycles. The number of benzene rings is 2. The normalized spacial score (nSPS) is 13.6. The standard InChI is InChI=1S/C22H22FN3O3/c1-29-11-10-26-20(24)19(16-4-2-3-5-18(16)23)15-9-8-14(12-17(15)22(26)28)25-21(27)13-6-7-13/h2-5,8-9,12-13H,6-7,10-11,24H2,1H3,(H,25,27). The predicted molar refractivity (Wildman–Crippen MR) is 111 cm³/mol. The van der Waals surface area contributed by atoms with Crippen molar-refractivity contribution < 1.29 is 13.9 Å². The van der Waals surface area contributed by atoms with E-state index >= 15 is 0 Å². The van der Waals surface area contributed by atoms with Crippen LogP contribution in [0.4, 0.5) is 15.9 Å². The van der Waals surface area contributed by atoms with Crippen LogP contribution in [0.3, 0.4) is 0 Å². The lowest BCUT2D eigenvalue weighted by Crippen LogP contribution is -2.26. The number of carbonyl (C=O) groups is 1. The summed E-state index contributed by atoms with van der Waals surface area (Å²) in [5.41, 5.74) is 7.33. The van der Waals surface area contributed by atoms with Gasteiger partial charge in [0, 0.05) is 35.2 Å². The van der Waals surface area contributed by atoms with Gasteiger partial charge in [0.1, 0.15) is 11.6 Å². The van der Waals surface area contributed by atoms with Crippen molar-refractivity contribution in [2.45, 2.75) is 19.4 Å². The number of pyridine rings is 1. The Labute approximate surface area is 167 Å². The summed E-state index contributed by atoms with van der Waals surface area (Å²) in [6, 6.07) is 11.4. The van der Waals surface area contributed by atoms with Gasteiger partial charge in [0.15, 0.2) is 0 Å². The van der Waals surface area contributed by atoms with Crippen LogP contribution < -0.4 is 16.6 Å². The molecule has 0 unspecified atom stereocenters. The fourth-order valence-electron chi connectivity index (χ4n) is 3.49. The van der Waals surface area contributed by atoms with E-state index in [9.17, 15) is 14.0 Å². The third-order valence-corrected chi connectivity index (χ3v) is 5.19. The third kappa shape index (κ3) is 3.61. The molecule has 0 radical (unpaired) electrons. The maximum absolute atomic E-state index is 14.6. The average molecular weight is 395 g/mol. The molecule has 0 spiro atoms. The molecule has 1 fully saturated rings. The molecule has 0 bridgehead atoms. The van der Waals surface area contributed by atoms with Gasteiger partial charge in [-0.25, -0.2) is 4.39 Å². The number of fused-ring (bicyclic) bond motifs is 1. The first-order valence-corrected chi connectivity index (χ1v) is 9.52. The van der Waals surface area contributed by atoms with E-state index in [1.54, 1.807) is 36.4 Å². The Balaban J connectivity index is 1.93. The van der Waals surface area contributed by atoms with Crippen LogP contribution in [0.1, 0.15) is 12.8 Å². The van der Waals surface area contributed by atoms with Gasteiger partial charge in [-0.2, -0.15) is 0 Å². The van der Waals surface area contributed by atoms with Gasteiger partial charge in [0.05, 0.1) is 13.2 Å². The lowest BCUT2D eigenvalue weighted by Gasteiger charge is -2.18. The van der Waals surface area contributed by atoms with Gasteiger partial charge < -0.3 is 15.8 Å². The summed E-state index contributed by atoms with van der Waals surface area (Å²) in [6.45, 7) is 0.516. The number of hydrogen-bond donors (Lipinski definition) is 2. The summed E-state index contributed by atoms with van der Waals surface area (Å²) in [6.07, 6.45) is 1.77. The van der Waals surface area contributed by atoms with Gasteiger partial charge in [-0.3, -0.25) is 14.2 Å². The zero-order chi connectivity index (χ0) is 20.5. The van der Waals surface area contributed by atoms with Gasteiger partial charge in [-0.15, -0.1) is 0 Å². The number of nitrogens with one attached hydrogen (secondary N) is 1. The maximum atomic E-state index is 14.6. The first-order valence-electron chi connectivity index (χ1n) is 9.52. The number of carbonyl (C=O) groups excluding carboxylic acids is 1. The molecule has 1 amide bonds. The van der Waals surface area contributed by atoms with E-state index in [1.165, 1.54) is 17.7 Å². The summed E-state index contributed by atoms with van der Waals surface area (Å²) < 4.78 is 21.1. The molecule has 6 nitrogen and oxygen atoms in total. The van der Waals surface area contributed by atoms with Gasteiger partial charge in [0.25, 0.3) is 5.56 Å². The molecule has 3 N–H and O–H groups in total. The Hall–Kier alpha value is -3.19. The molecule has 1 saturated carbocycles. The number of hydrogen-bond acceptors (Lipinski definition) is 4. The van der Waals surface area contributed by atoms with Crippen molar-refractivity contribution in [1.29, 1.82) is 0 Å². The molecule has 29 heavy (non-hydrogen) atoms. The minimum absolute atomic E-state index is 0.0458. The van der Waals surface area contributed by atoms with Gasteiger partial charge in [-0.05, 0) is 36.4 Å². The minimum Gasteiger partial charge on any atom is -0.384 e. The van der Waals surface area contributed by atoms with E-state index in [0.717, 1.165) is 12.8 Å². The second-order valence-corrected chi connectivity index (χ2v) is 7.21. The Bertz CT molecular complexity index is 1150. The molecule has 4 rings (SSSR count). The highest BCUT2D eigenvalue weighted by molar-refractivity contribution is 6.03. The number of aromatic nitrogens is 1. The Morgan fingerprint density at radius 2 is 2.00 bits per heavy atom. The fraction of sp³-hybridized carbons (Fsp3) is 0.273. The molecule has 1 heterocycles. The molecular formula is C22H22FN3O3. The molecule has 1 aromatic heterocycles. The maximum Gasteiger partial charge on any atom is 0.260 e. The molecule has 150 valence electrons. The van der Waals surface area contributed by atoms with Crippen molar-refractivity contribution in [1.82, 2.24) is 4.57 Å².